The van der Waals surface area contributed by atoms with Gasteiger partial charge in [0.15, 0.2) is 0 Å². The van der Waals surface area contributed by atoms with E-state index in [0.29, 0.717) is 31.0 Å². The SMILES string of the molecule is CCN1CCN(S(=O)(=O)c2ccc(NC(=O)CCc3c(C)nc4ncnn4c3C)cc2)CC1. The molecular weight excluding hydrogens is 442 g/mol. The number of carbonyl (C=O) groups excluding carboxylic acids is 1. The molecule has 1 amide bonds. The number of amides is 1. The maximum Gasteiger partial charge on any atom is 0.252 e. The third-order valence-corrected chi connectivity index (χ3v) is 8.06. The minimum Gasteiger partial charge on any atom is -0.326 e. The van der Waals surface area contributed by atoms with Gasteiger partial charge in [-0.3, -0.25) is 4.79 Å². The van der Waals surface area contributed by atoms with Crippen LogP contribution in [-0.2, 0) is 21.2 Å². The molecule has 2 aromatic heterocycles. The lowest BCUT2D eigenvalue weighted by Crippen LogP contribution is -2.48. The van der Waals surface area contributed by atoms with Crippen molar-refractivity contribution in [2.24, 2.45) is 0 Å². The summed E-state index contributed by atoms with van der Waals surface area (Å²) in [6, 6.07) is 6.36. The van der Waals surface area contributed by atoms with Crippen molar-refractivity contribution in [2.45, 2.75) is 38.5 Å². The minimum atomic E-state index is -3.53. The summed E-state index contributed by atoms with van der Waals surface area (Å²) in [6.07, 6.45) is 2.24. The Hall–Kier alpha value is -2.89. The summed E-state index contributed by atoms with van der Waals surface area (Å²) in [5.74, 6) is 0.388. The number of sulfonamides is 1. The van der Waals surface area contributed by atoms with Crippen LogP contribution in [0.4, 0.5) is 5.69 Å². The summed E-state index contributed by atoms with van der Waals surface area (Å²) in [5.41, 5.74) is 3.27. The van der Waals surface area contributed by atoms with E-state index in [2.05, 4.69) is 32.2 Å². The quantitative estimate of drug-likeness (QED) is 0.557. The van der Waals surface area contributed by atoms with E-state index in [9.17, 15) is 13.2 Å². The van der Waals surface area contributed by atoms with Crippen molar-refractivity contribution in [1.82, 2.24) is 28.8 Å². The van der Waals surface area contributed by atoms with Crippen molar-refractivity contribution >= 4 is 27.4 Å². The number of rotatable bonds is 7. The molecule has 0 unspecified atom stereocenters. The lowest BCUT2D eigenvalue weighted by Gasteiger charge is -2.33. The first-order valence-electron chi connectivity index (χ1n) is 11.1. The van der Waals surface area contributed by atoms with Crippen molar-refractivity contribution in [3.05, 3.63) is 47.5 Å². The second-order valence-electron chi connectivity index (χ2n) is 8.14. The Balaban J connectivity index is 1.37. The van der Waals surface area contributed by atoms with Gasteiger partial charge in [0.2, 0.25) is 15.9 Å². The Labute approximate surface area is 193 Å². The van der Waals surface area contributed by atoms with Gasteiger partial charge < -0.3 is 10.2 Å². The zero-order valence-electron chi connectivity index (χ0n) is 19.2. The Morgan fingerprint density at radius 3 is 2.45 bits per heavy atom. The number of nitrogens with one attached hydrogen (secondary N) is 1. The molecule has 1 aliphatic rings. The van der Waals surface area contributed by atoms with Crippen LogP contribution in [-0.4, -0.2) is 75.8 Å². The van der Waals surface area contributed by atoms with Crippen LogP contribution in [0.15, 0.2) is 35.5 Å². The number of benzene rings is 1. The van der Waals surface area contributed by atoms with Gasteiger partial charge in [-0.1, -0.05) is 6.92 Å². The maximum absolute atomic E-state index is 12.9. The second kappa shape index (κ2) is 9.54. The smallest absolute Gasteiger partial charge is 0.252 e. The molecule has 1 N–H and O–H groups in total. The first kappa shape index (κ1) is 23.3. The van der Waals surface area contributed by atoms with Crippen LogP contribution in [0.25, 0.3) is 5.78 Å². The third kappa shape index (κ3) is 4.90. The van der Waals surface area contributed by atoms with Crippen molar-refractivity contribution in [3.8, 4) is 0 Å². The maximum atomic E-state index is 12.9. The van der Waals surface area contributed by atoms with Gasteiger partial charge in [0.1, 0.15) is 6.33 Å². The largest absolute Gasteiger partial charge is 0.326 e. The predicted molar refractivity (Wildman–Crippen MR) is 125 cm³/mol. The van der Waals surface area contributed by atoms with Gasteiger partial charge in [-0.15, -0.1) is 0 Å². The molecule has 11 heteroatoms. The van der Waals surface area contributed by atoms with Crippen LogP contribution < -0.4 is 5.32 Å². The van der Waals surface area contributed by atoms with E-state index in [0.717, 1.165) is 36.6 Å². The summed E-state index contributed by atoms with van der Waals surface area (Å²) in [6.45, 7) is 9.29. The van der Waals surface area contributed by atoms with E-state index in [-0.39, 0.29) is 17.2 Å². The van der Waals surface area contributed by atoms with Crippen LogP contribution in [0.5, 0.6) is 0 Å². The number of hydrogen-bond donors (Lipinski definition) is 1. The molecule has 0 atom stereocenters. The number of hydrogen-bond acceptors (Lipinski definition) is 7. The Kier molecular flexibility index (Phi) is 6.73. The van der Waals surface area contributed by atoms with Gasteiger partial charge >= 0.3 is 0 Å². The standard InChI is InChI=1S/C22H29N7O3S/c1-4-27-11-13-28(14-12-27)33(31,32)19-7-5-18(6-8-19)26-21(30)10-9-20-16(2)25-22-23-15-24-29(22)17(20)3/h5-8,15H,4,9-14H2,1-3H3,(H,26,30). The fourth-order valence-corrected chi connectivity index (χ4v) is 5.55. The van der Waals surface area contributed by atoms with Gasteiger partial charge in [0.25, 0.3) is 5.78 Å². The highest BCUT2D eigenvalue weighted by Gasteiger charge is 2.27. The average molecular weight is 472 g/mol. The molecule has 10 nitrogen and oxygen atoms in total. The third-order valence-electron chi connectivity index (χ3n) is 6.15. The highest BCUT2D eigenvalue weighted by molar-refractivity contribution is 7.89. The van der Waals surface area contributed by atoms with Crippen LogP contribution in [0.2, 0.25) is 0 Å². The van der Waals surface area contributed by atoms with Crippen LogP contribution in [0, 0.1) is 13.8 Å². The molecule has 0 bridgehead atoms. The lowest BCUT2D eigenvalue weighted by molar-refractivity contribution is -0.116. The number of aromatic nitrogens is 4. The molecule has 4 rings (SSSR count). The highest BCUT2D eigenvalue weighted by atomic mass is 32.2. The molecule has 0 spiro atoms. The van der Waals surface area contributed by atoms with E-state index >= 15 is 0 Å². The molecule has 0 radical (unpaired) electrons. The van der Waals surface area contributed by atoms with Crippen molar-refractivity contribution in [3.63, 3.8) is 0 Å². The molecule has 1 fully saturated rings. The Bertz CT molecular complexity index is 1250. The monoisotopic (exact) mass is 471 g/mol. The summed E-state index contributed by atoms with van der Waals surface area (Å²) in [7, 11) is -3.53. The molecule has 33 heavy (non-hydrogen) atoms. The Morgan fingerprint density at radius 2 is 1.79 bits per heavy atom. The van der Waals surface area contributed by atoms with E-state index < -0.39 is 10.0 Å². The van der Waals surface area contributed by atoms with Gasteiger partial charge in [-0.25, -0.2) is 17.9 Å². The average Bonchev–Trinajstić information content (AvgIpc) is 3.28. The number of anilines is 1. The van der Waals surface area contributed by atoms with Crippen molar-refractivity contribution < 1.29 is 13.2 Å². The number of fused-ring (bicyclic) bond motifs is 1. The van der Waals surface area contributed by atoms with E-state index in [1.54, 1.807) is 28.8 Å². The summed E-state index contributed by atoms with van der Waals surface area (Å²) < 4.78 is 29.0. The topological polar surface area (TPSA) is 113 Å². The van der Waals surface area contributed by atoms with E-state index in [1.165, 1.54) is 10.6 Å². The molecule has 1 aliphatic heterocycles. The summed E-state index contributed by atoms with van der Waals surface area (Å²) in [4.78, 5) is 23.5. The van der Waals surface area contributed by atoms with Gasteiger partial charge in [-0.05, 0) is 56.6 Å². The fourth-order valence-electron chi connectivity index (χ4n) is 4.12. The normalized spacial score (nSPS) is 15.7. The molecule has 0 saturated carbocycles. The number of carbonyl (C=O) groups is 1. The number of nitrogens with zero attached hydrogens (tertiary/aromatic N) is 6. The summed E-state index contributed by atoms with van der Waals surface area (Å²) >= 11 is 0. The van der Waals surface area contributed by atoms with Gasteiger partial charge in [-0.2, -0.15) is 14.4 Å². The molecular formula is C22H29N7O3S. The van der Waals surface area contributed by atoms with Gasteiger partial charge in [0, 0.05) is 49.7 Å². The minimum absolute atomic E-state index is 0.154. The molecule has 3 aromatic rings. The molecule has 3 heterocycles. The highest BCUT2D eigenvalue weighted by Crippen LogP contribution is 2.20. The van der Waals surface area contributed by atoms with Gasteiger partial charge in [0.05, 0.1) is 4.90 Å². The van der Waals surface area contributed by atoms with Crippen molar-refractivity contribution in [1.29, 1.82) is 0 Å². The molecule has 1 saturated heterocycles. The van der Waals surface area contributed by atoms with Crippen LogP contribution in [0.3, 0.4) is 0 Å². The first-order valence-corrected chi connectivity index (χ1v) is 12.5. The van der Waals surface area contributed by atoms with Crippen LogP contribution >= 0.6 is 0 Å². The number of piperazine rings is 1. The lowest BCUT2D eigenvalue weighted by atomic mass is 10.1. The zero-order chi connectivity index (χ0) is 23.6. The van der Waals surface area contributed by atoms with Crippen LogP contribution in [0.1, 0.15) is 30.3 Å². The molecule has 0 aliphatic carbocycles. The molecule has 1 aromatic carbocycles. The van der Waals surface area contributed by atoms with Crippen molar-refractivity contribution in [2.75, 3.05) is 38.0 Å². The zero-order valence-corrected chi connectivity index (χ0v) is 20.0. The number of likely N-dealkylation sites (N-methyl/N-ethyl adjacent to an activating group) is 1. The summed E-state index contributed by atoms with van der Waals surface area (Å²) in [5, 5.41) is 7.02. The number of aryl methyl sites for hydroxylation is 2. The van der Waals surface area contributed by atoms with E-state index in [1.807, 2.05) is 13.8 Å². The first-order chi connectivity index (χ1) is 15.8. The second-order valence-corrected chi connectivity index (χ2v) is 10.1. The Morgan fingerprint density at radius 1 is 1.09 bits per heavy atom. The fraction of sp³-hybridized carbons (Fsp3) is 0.455. The predicted octanol–water partition coefficient (Wildman–Crippen LogP) is 1.64. The molecule has 176 valence electrons. The van der Waals surface area contributed by atoms with E-state index in [4.69, 9.17) is 0 Å².